The van der Waals surface area contributed by atoms with Gasteiger partial charge in [-0.1, -0.05) is 6.07 Å². The molecule has 1 heterocycles. The zero-order chi connectivity index (χ0) is 15.9. The van der Waals surface area contributed by atoms with Gasteiger partial charge in [-0.05, 0) is 36.2 Å². The Hall–Kier alpha value is -2.69. The lowest BCUT2D eigenvalue weighted by Crippen LogP contribution is -2.20. The number of Topliss-reactive ketones (excluding diaryl/α,β-unsaturated/α-hetero) is 1. The fraction of sp³-hybridized carbons (Fsp3) is 0.235. The number of phenolic OH excluding ortho intramolecular Hbond substituents is 2. The van der Waals surface area contributed by atoms with E-state index in [9.17, 15) is 15.0 Å². The highest BCUT2D eigenvalue weighted by Crippen LogP contribution is 2.39. The van der Waals surface area contributed by atoms with E-state index in [0.29, 0.717) is 28.2 Å². The van der Waals surface area contributed by atoms with Crippen molar-refractivity contribution in [3.63, 3.8) is 0 Å². The van der Waals surface area contributed by atoms with Crippen molar-refractivity contribution in [1.82, 2.24) is 0 Å². The van der Waals surface area contributed by atoms with Crippen LogP contribution in [-0.2, 0) is 0 Å². The van der Waals surface area contributed by atoms with E-state index in [1.54, 1.807) is 25.1 Å². The minimum Gasteiger partial charge on any atom is -0.508 e. The third kappa shape index (κ3) is 2.35. The van der Waals surface area contributed by atoms with Crippen LogP contribution in [0.2, 0.25) is 0 Å². The van der Waals surface area contributed by atoms with Crippen LogP contribution in [0.3, 0.4) is 0 Å². The smallest absolute Gasteiger partial charge is 0.170 e. The first-order valence-electron chi connectivity index (χ1n) is 6.90. The zero-order valence-electron chi connectivity index (χ0n) is 12.3. The Morgan fingerprint density at radius 2 is 1.95 bits per heavy atom. The van der Waals surface area contributed by atoms with Crippen molar-refractivity contribution in [3.05, 3.63) is 47.0 Å². The minimum absolute atomic E-state index is 0.00593. The molecule has 0 amide bonds. The summed E-state index contributed by atoms with van der Waals surface area (Å²) in [6.45, 7) is 1.73. The predicted molar refractivity (Wildman–Crippen MR) is 79.8 cm³/mol. The average molecular weight is 300 g/mol. The second kappa shape index (κ2) is 5.26. The monoisotopic (exact) mass is 300 g/mol. The molecule has 22 heavy (non-hydrogen) atoms. The highest BCUT2D eigenvalue weighted by molar-refractivity contribution is 6.00. The molecular formula is C17H16O5. The van der Waals surface area contributed by atoms with Crippen molar-refractivity contribution < 1.29 is 24.5 Å². The van der Waals surface area contributed by atoms with E-state index >= 15 is 0 Å². The average Bonchev–Trinajstić information content (AvgIpc) is 2.49. The van der Waals surface area contributed by atoms with Gasteiger partial charge in [0.15, 0.2) is 17.3 Å². The molecule has 1 unspecified atom stereocenters. The van der Waals surface area contributed by atoms with Crippen LogP contribution < -0.4 is 9.47 Å². The number of ketones is 1. The summed E-state index contributed by atoms with van der Waals surface area (Å²) in [5, 5.41) is 19.6. The quantitative estimate of drug-likeness (QED) is 0.891. The summed E-state index contributed by atoms with van der Waals surface area (Å²) in [4.78, 5) is 12.3. The maximum absolute atomic E-state index is 12.3. The molecule has 3 rings (SSSR count). The molecule has 1 aliphatic heterocycles. The lowest BCUT2D eigenvalue weighted by molar-refractivity contribution is 0.0849. The molecule has 114 valence electrons. The summed E-state index contributed by atoms with van der Waals surface area (Å²) < 4.78 is 10.8. The van der Waals surface area contributed by atoms with Crippen LogP contribution in [0.1, 0.15) is 34.0 Å². The van der Waals surface area contributed by atoms with Crippen molar-refractivity contribution in [3.8, 4) is 23.0 Å². The fourth-order valence-electron chi connectivity index (χ4n) is 2.56. The molecule has 0 aliphatic carbocycles. The summed E-state index contributed by atoms with van der Waals surface area (Å²) in [6, 6.07) is 7.98. The number of aryl methyl sites for hydroxylation is 1. The molecule has 5 heteroatoms. The molecule has 2 aromatic rings. The Balaban J connectivity index is 1.96. The van der Waals surface area contributed by atoms with Gasteiger partial charge in [-0.3, -0.25) is 4.79 Å². The number of hydrogen-bond acceptors (Lipinski definition) is 5. The molecule has 1 aliphatic rings. The molecule has 5 nitrogen and oxygen atoms in total. The van der Waals surface area contributed by atoms with E-state index in [1.807, 2.05) is 0 Å². The summed E-state index contributed by atoms with van der Waals surface area (Å²) in [5.41, 5.74) is 1.79. The second-order valence-electron chi connectivity index (χ2n) is 5.30. The normalized spacial score (nSPS) is 16.8. The number of fused-ring (bicyclic) bond motifs is 1. The molecule has 2 aromatic carbocycles. The number of aromatic hydroxyl groups is 2. The van der Waals surface area contributed by atoms with Gasteiger partial charge >= 0.3 is 0 Å². The van der Waals surface area contributed by atoms with Crippen LogP contribution in [0, 0.1) is 6.92 Å². The number of benzene rings is 2. The van der Waals surface area contributed by atoms with E-state index in [0.717, 1.165) is 0 Å². The molecule has 1 atom stereocenters. The molecule has 0 saturated carbocycles. The van der Waals surface area contributed by atoms with Gasteiger partial charge in [-0.25, -0.2) is 0 Å². The molecule has 0 saturated heterocycles. The van der Waals surface area contributed by atoms with Crippen LogP contribution in [0.25, 0.3) is 0 Å². The first-order chi connectivity index (χ1) is 10.5. The number of rotatable bonds is 2. The zero-order valence-corrected chi connectivity index (χ0v) is 12.3. The van der Waals surface area contributed by atoms with E-state index in [2.05, 4.69) is 0 Å². The molecule has 0 fully saturated rings. The van der Waals surface area contributed by atoms with Crippen LogP contribution in [-0.4, -0.2) is 23.1 Å². The van der Waals surface area contributed by atoms with Crippen LogP contribution >= 0.6 is 0 Å². The number of carbonyl (C=O) groups excluding carboxylic acids is 1. The van der Waals surface area contributed by atoms with Crippen LogP contribution in [0.5, 0.6) is 23.0 Å². The Morgan fingerprint density at radius 3 is 2.64 bits per heavy atom. The van der Waals surface area contributed by atoms with Crippen LogP contribution in [0.4, 0.5) is 0 Å². The van der Waals surface area contributed by atoms with Gasteiger partial charge in [0, 0.05) is 6.07 Å². The Kier molecular flexibility index (Phi) is 3.41. The summed E-state index contributed by atoms with van der Waals surface area (Å²) in [5.74, 6) is 0.752. The lowest BCUT2D eigenvalue weighted by atomic mass is 9.95. The van der Waals surface area contributed by atoms with E-state index in [4.69, 9.17) is 9.47 Å². The summed E-state index contributed by atoms with van der Waals surface area (Å²) >= 11 is 0. The first-order valence-corrected chi connectivity index (χ1v) is 6.90. The number of ether oxygens (including phenoxy) is 2. The Labute approximate surface area is 127 Å². The summed E-state index contributed by atoms with van der Waals surface area (Å²) in [6.07, 6.45) is -0.317. The van der Waals surface area contributed by atoms with Crippen molar-refractivity contribution in [1.29, 1.82) is 0 Å². The molecule has 2 N–H and O–H groups in total. The van der Waals surface area contributed by atoms with Crippen molar-refractivity contribution in [2.24, 2.45) is 0 Å². The van der Waals surface area contributed by atoms with Crippen molar-refractivity contribution in [2.45, 2.75) is 19.4 Å². The molecule has 0 aromatic heterocycles. The van der Waals surface area contributed by atoms with E-state index in [-0.39, 0.29) is 23.7 Å². The fourth-order valence-corrected chi connectivity index (χ4v) is 2.56. The predicted octanol–water partition coefficient (Wildman–Crippen LogP) is 3.12. The molecule has 0 radical (unpaired) electrons. The Bertz CT molecular complexity index is 751. The van der Waals surface area contributed by atoms with Gasteiger partial charge < -0.3 is 19.7 Å². The largest absolute Gasteiger partial charge is 0.508 e. The second-order valence-corrected chi connectivity index (χ2v) is 5.30. The van der Waals surface area contributed by atoms with Gasteiger partial charge in [0.25, 0.3) is 0 Å². The van der Waals surface area contributed by atoms with Gasteiger partial charge in [-0.15, -0.1) is 0 Å². The van der Waals surface area contributed by atoms with Gasteiger partial charge in [-0.2, -0.15) is 0 Å². The highest BCUT2D eigenvalue weighted by atomic mass is 16.5. The van der Waals surface area contributed by atoms with Crippen molar-refractivity contribution >= 4 is 5.78 Å². The lowest BCUT2D eigenvalue weighted by Gasteiger charge is -2.26. The number of hydrogen-bond donors (Lipinski definition) is 2. The summed E-state index contributed by atoms with van der Waals surface area (Å²) in [7, 11) is 1.47. The topological polar surface area (TPSA) is 76.0 Å². The van der Waals surface area contributed by atoms with E-state index < -0.39 is 6.10 Å². The first kappa shape index (κ1) is 14.3. The number of methoxy groups -OCH3 is 1. The number of phenols is 2. The maximum Gasteiger partial charge on any atom is 0.170 e. The molecular weight excluding hydrogens is 284 g/mol. The molecule has 0 bridgehead atoms. The van der Waals surface area contributed by atoms with Crippen molar-refractivity contribution in [2.75, 3.05) is 7.11 Å². The number of carbonyl (C=O) groups is 1. The Morgan fingerprint density at radius 1 is 1.18 bits per heavy atom. The van der Waals surface area contributed by atoms with Gasteiger partial charge in [0.2, 0.25) is 0 Å². The standard InChI is InChI=1S/C17H16O5/c1-9-5-11-13(19)8-16(22-17(11)7-12(9)18)10-3-4-15(21-2)14(20)6-10/h3-7,16,18,20H,8H2,1-2H3. The third-order valence-electron chi connectivity index (χ3n) is 3.81. The highest BCUT2D eigenvalue weighted by Gasteiger charge is 2.29. The third-order valence-corrected chi connectivity index (χ3v) is 3.81. The van der Waals surface area contributed by atoms with Crippen LogP contribution in [0.15, 0.2) is 30.3 Å². The van der Waals surface area contributed by atoms with E-state index in [1.165, 1.54) is 19.2 Å². The van der Waals surface area contributed by atoms with Gasteiger partial charge in [0.1, 0.15) is 17.6 Å². The van der Waals surface area contributed by atoms with Gasteiger partial charge in [0.05, 0.1) is 19.1 Å². The minimum atomic E-state index is -0.501. The molecule has 0 spiro atoms. The SMILES string of the molecule is COc1ccc(C2CC(=O)c3cc(C)c(O)cc3O2)cc1O. The maximum atomic E-state index is 12.3.